The zero-order valence-electron chi connectivity index (χ0n) is 12.0. The van der Waals surface area contributed by atoms with Crippen molar-refractivity contribution in [3.8, 4) is 0 Å². The molecular formula is C17H16ClNO2S. The summed E-state index contributed by atoms with van der Waals surface area (Å²) in [4.78, 5) is 12.7. The highest BCUT2D eigenvalue weighted by atomic mass is 35.5. The van der Waals surface area contributed by atoms with Gasteiger partial charge in [0.25, 0.3) is 0 Å². The van der Waals surface area contributed by atoms with Gasteiger partial charge in [-0.25, -0.2) is 0 Å². The van der Waals surface area contributed by atoms with Gasteiger partial charge in [-0.05, 0) is 42.3 Å². The molecule has 0 aliphatic carbocycles. The van der Waals surface area contributed by atoms with Crippen molar-refractivity contribution < 1.29 is 9.35 Å². The lowest BCUT2D eigenvalue weighted by atomic mass is 10.0. The van der Waals surface area contributed by atoms with Crippen LogP contribution in [0, 0.1) is 0 Å². The molecule has 0 saturated heterocycles. The first-order chi connectivity index (χ1) is 10.7. The fourth-order valence-electron chi connectivity index (χ4n) is 2.61. The second kappa shape index (κ2) is 6.73. The van der Waals surface area contributed by atoms with Crippen molar-refractivity contribution in [2.45, 2.75) is 17.7 Å². The number of rotatable bonds is 5. The molecule has 22 heavy (non-hydrogen) atoms. The monoisotopic (exact) mass is 333 g/mol. The maximum atomic E-state index is 12.7. The molecule has 0 amide bonds. The van der Waals surface area contributed by atoms with Crippen molar-refractivity contribution in [2.75, 3.05) is 16.7 Å². The highest BCUT2D eigenvalue weighted by Crippen LogP contribution is 2.33. The van der Waals surface area contributed by atoms with E-state index < -0.39 is 11.4 Å². The first-order valence-electron chi connectivity index (χ1n) is 7.17. The molecule has 0 aromatic heterocycles. The summed E-state index contributed by atoms with van der Waals surface area (Å²) in [6, 6.07) is 15.0. The topological polar surface area (TPSA) is 43.4 Å². The van der Waals surface area contributed by atoms with Gasteiger partial charge in [0.05, 0.1) is 12.2 Å². The SMILES string of the molecule is O=C(CCCl)c1ccc2c(c1)CCN2[S+]([O-])c1ccccc1. The van der Waals surface area contributed by atoms with Crippen LogP contribution in [-0.4, -0.2) is 22.8 Å². The molecule has 2 aromatic rings. The van der Waals surface area contributed by atoms with Gasteiger partial charge in [-0.2, -0.15) is 4.31 Å². The number of alkyl halides is 1. The van der Waals surface area contributed by atoms with Crippen LogP contribution < -0.4 is 4.31 Å². The Morgan fingerprint density at radius 3 is 2.73 bits per heavy atom. The van der Waals surface area contributed by atoms with Crippen LogP contribution in [-0.2, 0) is 17.8 Å². The van der Waals surface area contributed by atoms with Crippen LogP contribution in [0.2, 0.25) is 0 Å². The number of carbonyl (C=O) groups is 1. The minimum atomic E-state index is -1.21. The van der Waals surface area contributed by atoms with Crippen LogP contribution in [0.5, 0.6) is 0 Å². The fraction of sp³-hybridized carbons (Fsp3) is 0.235. The lowest BCUT2D eigenvalue weighted by molar-refractivity contribution is 0.0989. The summed E-state index contributed by atoms with van der Waals surface area (Å²) in [5.74, 6) is 0.389. The quantitative estimate of drug-likeness (QED) is 0.477. The van der Waals surface area contributed by atoms with E-state index in [1.807, 2.05) is 46.8 Å². The van der Waals surface area contributed by atoms with E-state index in [0.29, 0.717) is 24.4 Å². The molecule has 1 unspecified atom stereocenters. The predicted molar refractivity (Wildman–Crippen MR) is 90.0 cm³/mol. The maximum Gasteiger partial charge on any atom is 0.180 e. The van der Waals surface area contributed by atoms with Crippen molar-refractivity contribution in [1.82, 2.24) is 0 Å². The average molecular weight is 334 g/mol. The third kappa shape index (κ3) is 3.00. The molecule has 0 fully saturated rings. The van der Waals surface area contributed by atoms with Gasteiger partial charge in [0.2, 0.25) is 0 Å². The third-order valence-electron chi connectivity index (χ3n) is 3.72. The molecule has 3 rings (SSSR count). The lowest BCUT2D eigenvalue weighted by Gasteiger charge is -2.21. The number of anilines is 1. The number of Topliss-reactive ketones (excluding diaryl/α,β-unsaturated/α-hetero) is 1. The van der Waals surface area contributed by atoms with Crippen molar-refractivity contribution in [3.63, 3.8) is 0 Å². The smallest absolute Gasteiger partial charge is 0.180 e. The second-order valence-electron chi connectivity index (χ2n) is 5.12. The molecule has 1 atom stereocenters. The van der Waals surface area contributed by atoms with E-state index in [1.165, 1.54) is 0 Å². The number of hydrogen-bond donors (Lipinski definition) is 0. The normalized spacial score (nSPS) is 14.7. The highest BCUT2D eigenvalue weighted by Gasteiger charge is 2.30. The summed E-state index contributed by atoms with van der Waals surface area (Å²) in [7, 11) is 0. The van der Waals surface area contributed by atoms with E-state index in [-0.39, 0.29) is 5.78 Å². The van der Waals surface area contributed by atoms with Gasteiger partial charge in [-0.3, -0.25) is 4.79 Å². The summed E-state index contributed by atoms with van der Waals surface area (Å²) < 4.78 is 14.6. The van der Waals surface area contributed by atoms with Gasteiger partial charge in [-0.1, -0.05) is 18.2 Å². The Balaban J connectivity index is 1.85. The van der Waals surface area contributed by atoms with Crippen LogP contribution in [0.4, 0.5) is 5.69 Å². The number of hydrogen-bond acceptors (Lipinski definition) is 3. The first kappa shape index (κ1) is 15.4. The Morgan fingerprint density at radius 1 is 1.23 bits per heavy atom. The van der Waals surface area contributed by atoms with Crippen LogP contribution in [0.3, 0.4) is 0 Å². The second-order valence-corrected chi connectivity index (χ2v) is 6.91. The van der Waals surface area contributed by atoms with E-state index in [1.54, 1.807) is 6.07 Å². The van der Waals surface area contributed by atoms with Crippen LogP contribution in [0.25, 0.3) is 0 Å². The number of carbonyl (C=O) groups excluding carboxylic acids is 1. The Kier molecular flexibility index (Phi) is 4.71. The molecule has 1 aliphatic heterocycles. The molecule has 0 N–H and O–H groups in total. The fourth-order valence-corrected chi connectivity index (χ4v) is 4.04. The van der Waals surface area contributed by atoms with Crippen LogP contribution in [0.1, 0.15) is 22.3 Å². The lowest BCUT2D eigenvalue weighted by Crippen LogP contribution is -2.29. The summed E-state index contributed by atoms with van der Waals surface area (Å²) in [6.45, 7) is 0.698. The minimum absolute atomic E-state index is 0.0560. The maximum absolute atomic E-state index is 12.7. The van der Waals surface area contributed by atoms with Gasteiger partial charge >= 0.3 is 0 Å². The zero-order valence-corrected chi connectivity index (χ0v) is 13.6. The van der Waals surface area contributed by atoms with Gasteiger partial charge in [0.15, 0.2) is 10.7 Å². The van der Waals surface area contributed by atoms with Gasteiger partial charge in [-0.15, -0.1) is 11.6 Å². The molecule has 0 bridgehead atoms. The zero-order chi connectivity index (χ0) is 15.5. The average Bonchev–Trinajstić information content (AvgIpc) is 2.98. The molecule has 0 saturated carbocycles. The van der Waals surface area contributed by atoms with E-state index in [2.05, 4.69) is 0 Å². The Hall–Kier alpha value is -1.49. The minimum Gasteiger partial charge on any atom is -0.588 e. The Labute approximate surface area is 138 Å². The first-order valence-corrected chi connectivity index (χ1v) is 8.81. The molecule has 2 aromatic carbocycles. The Bertz CT molecular complexity index is 678. The van der Waals surface area contributed by atoms with Crippen molar-refractivity contribution in [2.24, 2.45) is 0 Å². The molecule has 114 valence electrons. The highest BCUT2D eigenvalue weighted by molar-refractivity contribution is 7.92. The number of ketones is 1. The Morgan fingerprint density at radius 2 is 2.00 bits per heavy atom. The summed E-state index contributed by atoms with van der Waals surface area (Å²) in [6.07, 6.45) is 1.15. The van der Waals surface area contributed by atoms with Crippen molar-refractivity contribution >= 4 is 34.4 Å². The van der Waals surface area contributed by atoms with E-state index in [0.717, 1.165) is 22.6 Å². The van der Waals surface area contributed by atoms with Crippen LogP contribution in [0.15, 0.2) is 53.4 Å². The largest absolute Gasteiger partial charge is 0.588 e. The molecule has 0 radical (unpaired) electrons. The van der Waals surface area contributed by atoms with Gasteiger partial charge in [0.1, 0.15) is 11.4 Å². The standard InChI is InChI=1S/C17H16ClNO2S/c18-10-8-17(20)14-6-7-16-13(12-14)9-11-19(16)22(21)15-4-2-1-3-5-15/h1-7,12H,8-11H2. The number of fused-ring (bicyclic) bond motifs is 1. The molecule has 3 nitrogen and oxygen atoms in total. The summed E-state index contributed by atoms with van der Waals surface area (Å²) in [5.41, 5.74) is 2.71. The predicted octanol–water partition coefficient (Wildman–Crippen LogP) is 3.58. The van der Waals surface area contributed by atoms with E-state index in [9.17, 15) is 9.35 Å². The van der Waals surface area contributed by atoms with Gasteiger partial charge < -0.3 is 4.55 Å². The van der Waals surface area contributed by atoms with Gasteiger partial charge in [0, 0.05) is 17.9 Å². The molecule has 0 spiro atoms. The van der Waals surface area contributed by atoms with Crippen LogP contribution >= 0.6 is 11.6 Å². The molecular weight excluding hydrogens is 318 g/mol. The van der Waals surface area contributed by atoms with E-state index in [4.69, 9.17) is 11.6 Å². The number of halogens is 1. The van der Waals surface area contributed by atoms with Crippen molar-refractivity contribution in [3.05, 3.63) is 59.7 Å². The summed E-state index contributed by atoms with van der Waals surface area (Å²) in [5, 5.41) is 0. The number of benzene rings is 2. The van der Waals surface area contributed by atoms with Crippen molar-refractivity contribution in [1.29, 1.82) is 0 Å². The molecule has 1 aliphatic rings. The summed E-state index contributed by atoms with van der Waals surface area (Å²) >= 11 is 4.41. The number of nitrogens with zero attached hydrogens (tertiary/aromatic N) is 1. The molecule has 5 heteroatoms. The van der Waals surface area contributed by atoms with E-state index >= 15 is 0 Å². The third-order valence-corrected chi connectivity index (χ3v) is 5.36. The molecule has 1 heterocycles.